The number of anilines is 1. The van der Waals surface area contributed by atoms with E-state index in [1.807, 2.05) is 6.92 Å². The van der Waals surface area contributed by atoms with Crippen LogP contribution in [0.4, 0.5) is 5.69 Å². The number of carbonyl (C=O) groups is 1. The maximum Gasteiger partial charge on any atom is 0.164 e. The second-order valence-electron chi connectivity index (χ2n) is 3.03. The van der Waals surface area contributed by atoms with E-state index in [0.29, 0.717) is 27.7 Å². The van der Waals surface area contributed by atoms with Gasteiger partial charge in [0.1, 0.15) is 0 Å². The van der Waals surface area contributed by atoms with Crippen molar-refractivity contribution in [3.05, 3.63) is 27.7 Å². The molecule has 2 nitrogen and oxygen atoms in total. The number of Topliss-reactive ketones (excluding diaryl/α,β-unsaturated/α-hetero) is 1. The summed E-state index contributed by atoms with van der Waals surface area (Å²) in [5, 5.41) is 0.734. The summed E-state index contributed by atoms with van der Waals surface area (Å²) >= 11 is 11.5. The van der Waals surface area contributed by atoms with Gasteiger partial charge < -0.3 is 5.73 Å². The fourth-order valence-corrected chi connectivity index (χ4v) is 1.50. The van der Waals surface area contributed by atoms with Gasteiger partial charge in [-0.05, 0) is 18.6 Å². The Hall–Kier alpha value is -0.730. The standard InChI is InChI=1S/C10H11Cl2NO/c1-2-3-10(14)6-4-7(11)8(12)5-9(6)13/h4-5H,2-3,13H2,1H3. The zero-order valence-electron chi connectivity index (χ0n) is 7.81. The van der Waals surface area contributed by atoms with Crippen LogP contribution in [0.5, 0.6) is 0 Å². The molecule has 0 aliphatic heterocycles. The Balaban J connectivity index is 3.09. The van der Waals surface area contributed by atoms with E-state index in [1.165, 1.54) is 12.1 Å². The molecule has 0 fully saturated rings. The van der Waals surface area contributed by atoms with E-state index < -0.39 is 0 Å². The normalized spacial score (nSPS) is 10.2. The van der Waals surface area contributed by atoms with Crippen LogP contribution in [0.1, 0.15) is 30.1 Å². The van der Waals surface area contributed by atoms with Crippen LogP contribution in [0.15, 0.2) is 12.1 Å². The summed E-state index contributed by atoms with van der Waals surface area (Å²) in [6, 6.07) is 3.03. The first-order valence-corrected chi connectivity index (χ1v) is 5.09. The number of hydrogen-bond donors (Lipinski definition) is 1. The number of ketones is 1. The predicted molar refractivity (Wildman–Crippen MR) is 60.1 cm³/mol. The third-order valence-corrected chi connectivity index (χ3v) is 2.59. The summed E-state index contributed by atoms with van der Waals surface area (Å²) in [6.07, 6.45) is 1.26. The molecular weight excluding hydrogens is 221 g/mol. The van der Waals surface area contributed by atoms with Gasteiger partial charge in [0.15, 0.2) is 5.78 Å². The molecule has 0 radical (unpaired) electrons. The van der Waals surface area contributed by atoms with Gasteiger partial charge in [0.25, 0.3) is 0 Å². The largest absolute Gasteiger partial charge is 0.398 e. The predicted octanol–water partition coefficient (Wildman–Crippen LogP) is 3.56. The molecule has 0 saturated heterocycles. The molecule has 1 aromatic rings. The minimum Gasteiger partial charge on any atom is -0.398 e. The highest BCUT2D eigenvalue weighted by Crippen LogP contribution is 2.28. The maximum absolute atomic E-state index is 11.5. The van der Waals surface area contributed by atoms with Gasteiger partial charge in [-0.2, -0.15) is 0 Å². The van der Waals surface area contributed by atoms with E-state index >= 15 is 0 Å². The summed E-state index contributed by atoms with van der Waals surface area (Å²) in [6.45, 7) is 1.94. The van der Waals surface area contributed by atoms with Crippen molar-refractivity contribution in [1.29, 1.82) is 0 Å². The number of halogens is 2. The fraction of sp³-hybridized carbons (Fsp3) is 0.300. The second kappa shape index (κ2) is 4.67. The van der Waals surface area contributed by atoms with E-state index in [1.54, 1.807) is 0 Å². The molecule has 0 heterocycles. The second-order valence-corrected chi connectivity index (χ2v) is 3.84. The van der Waals surface area contributed by atoms with Gasteiger partial charge in [0.05, 0.1) is 10.0 Å². The first kappa shape index (κ1) is 11.3. The van der Waals surface area contributed by atoms with E-state index in [0.717, 1.165) is 6.42 Å². The highest BCUT2D eigenvalue weighted by molar-refractivity contribution is 6.42. The van der Waals surface area contributed by atoms with Crippen LogP contribution < -0.4 is 5.73 Å². The summed E-state index contributed by atoms with van der Waals surface area (Å²) in [7, 11) is 0. The molecule has 76 valence electrons. The molecule has 1 aromatic carbocycles. The van der Waals surface area contributed by atoms with Crippen LogP contribution in [0.2, 0.25) is 10.0 Å². The lowest BCUT2D eigenvalue weighted by Crippen LogP contribution is -2.03. The minimum absolute atomic E-state index is 0.00330. The average Bonchev–Trinajstić information content (AvgIpc) is 2.11. The Morgan fingerprint density at radius 3 is 2.50 bits per heavy atom. The number of nitrogens with two attached hydrogens (primary N) is 1. The van der Waals surface area contributed by atoms with Crippen molar-refractivity contribution >= 4 is 34.7 Å². The maximum atomic E-state index is 11.5. The Kier molecular flexibility index (Phi) is 3.78. The van der Waals surface area contributed by atoms with E-state index in [-0.39, 0.29) is 5.78 Å². The molecule has 4 heteroatoms. The number of carbonyl (C=O) groups excluding carboxylic acids is 1. The Bertz CT molecular complexity index is 363. The van der Waals surface area contributed by atoms with Gasteiger partial charge in [0, 0.05) is 17.7 Å². The van der Waals surface area contributed by atoms with Crippen LogP contribution in [0.25, 0.3) is 0 Å². The molecular formula is C10H11Cl2NO. The van der Waals surface area contributed by atoms with E-state index in [4.69, 9.17) is 28.9 Å². The van der Waals surface area contributed by atoms with Crippen molar-refractivity contribution < 1.29 is 4.79 Å². The van der Waals surface area contributed by atoms with Crippen LogP contribution in [0, 0.1) is 0 Å². The van der Waals surface area contributed by atoms with Gasteiger partial charge >= 0.3 is 0 Å². The number of nitrogen functional groups attached to an aromatic ring is 1. The number of hydrogen-bond acceptors (Lipinski definition) is 2. The molecule has 2 N–H and O–H groups in total. The van der Waals surface area contributed by atoms with E-state index in [9.17, 15) is 4.79 Å². The third-order valence-electron chi connectivity index (χ3n) is 1.87. The van der Waals surface area contributed by atoms with Gasteiger partial charge in [0.2, 0.25) is 0 Å². The van der Waals surface area contributed by atoms with Crippen LogP contribution >= 0.6 is 23.2 Å². The molecule has 0 unspecified atom stereocenters. The monoisotopic (exact) mass is 231 g/mol. The molecule has 0 aromatic heterocycles. The highest BCUT2D eigenvalue weighted by Gasteiger charge is 2.11. The topological polar surface area (TPSA) is 43.1 Å². The SMILES string of the molecule is CCCC(=O)c1cc(Cl)c(Cl)cc1N. The van der Waals surface area contributed by atoms with Crippen molar-refractivity contribution in [3.8, 4) is 0 Å². The minimum atomic E-state index is 0.00330. The van der Waals surface area contributed by atoms with Gasteiger partial charge in [-0.1, -0.05) is 30.1 Å². The first-order chi connectivity index (χ1) is 6.56. The summed E-state index contributed by atoms with van der Waals surface area (Å²) in [5.41, 5.74) is 6.50. The molecule has 0 amide bonds. The Labute approximate surface area is 93.0 Å². The molecule has 1 rings (SSSR count). The Morgan fingerprint density at radius 1 is 1.36 bits per heavy atom. The lowest BCUT2D eigenvalue weighted by molar-refractivity contribution is 0.0982. The zero-order chi connectivity index (χ0) is 10.7. The summed E-state index contributed by atoms with van der Waals surface area (Å²) in [4.78, 5) is 11.5. The summed E-state index contributed by atoms with van der Waals surface area (Å²) < 4.78 is 0. The summed E-state index contributed by atoms with van der Waals surface area (Å²) in [5.74, 6) is 0.00330. The van der Waals surface area contributed by atoms with Crippen LogP contribution in [-0.2, 0) is 0 Å². The smallest absolute Gasteiger partial charge is 0.164 e. The lowest BCUT2D eigenvalue weighted by atomic mass is 10.1. The van der Waals surface area contributed by atoms with Crippen molar-refractivity contribution in [2.75, 3.05) is 5.73 Å². The molecule has 0 saturated carbocycles. The third kappa shape index (κ3) is 2.40. The molecule has 14 heavy (non-hydrogen) atoms. The fourth-order valence-electron chi connectivity index (χ4n) is 1.17. The van der Waals surface area contributed by atoms with Crippen molar-refractivity contribution in [3.63, 3.8) is 0 Å². The van der Waals surface area contributed by atoms with Crippen molar-refractivity contribution in [2.24, 2.45) is 0 Å². The number of benzene rings is 1. The first-order valence-electron chi connectivity index (χ1n) is 4.34. The van der Waals surface area contributed by atoms with Crippen molar-refractivity contribution in [1.82, 2.24) is 0 Å². The molecule has 0 bridgehead atoms. The molecule has 0 spiro atoms. The Morgan fingerprint density at radius 2 is 1.93 bits per heavy atom. The van der Waals surface area contributed by atoms with Gasteiger partial charge in [-0.15, -0.1) is 0 Å². The van der Waals surface area contributed by atoms with Crippen molar-refractivity contribution in [2.45, 2.75) is 19.8 Å². The highest BCUT2D eigenvalue weighted by atomic mass is 35.5. The zero-order valence-corrected chi connectivity index (χ0v) is 9.32. The average molecular weight is 232 g/mol. The molecule has 0 aliphatic rings. The van der Waals surface area contributed by atoms with Crippen LogP contribution in [-0.4, -0.2) is 5.78 Å². The lowest BCUT2D eigenvalue weighted by Gasteiger charge is -2.05. The number of rotatable bonds is 3. The van der Waals surface area contributed by atoms with Gasteiger partial charge in [-0.25, -0.2) is 0 Å². The molecule has 0 aliphatic carbocycles. The molecule has 0 atom stereocenters. The van der Waals surface area contributed by atoms with Gasteiger partial charge in [-0.3, -0.25) is 4.79 Å². The quantitative estimate of drug-likeness (QED) is 0.639. The van der Waals surface area contributed by atoms with E-state index in [2.05, 4.69) is 0 Å². The van der Waals surface area contributed by atoms with Crippen LogP contribution in [0.3, 0.4) is 0 Å².